The number of carbonyl (C=O) groups excluding carboxylic acids is 1. The summed E-state index contributed by atoms with van der Waals surface area (Å²) >= 11 is 3.45. The van der Waals surface area contributed by atoms with Crippen molar-refractivity contribution in [2.24, 2.45) is 0 Å². The number of nitrogens with zero attached hydrogens (tertiary/aromatic N) is 2. The highest BCUT2D eigenvalue weighted by Crippen LogP contribution is 2.39. The molecule has 0 fully saturated rings. The van der Waals surface area contributed by atoms with E-state index in [4.69, 9.17) is 0 Å². The van der Waals surface area contributed by atoms with E-state index in [0.717, 1.165) is 21.3 Å². The number of aromatic nitrogens is 1. The van der Waals surface area contributed by atoms with Gasteiger partial charge in [-0.15, -0.1) is 0 Å². The van der Waals surface area contributed by atoms with Crippen LogP contribution in [-0.4, -0.2) is 10.9 Å². The Morgan fingerprint density at radius 3 is 2.57 bits per heavy atom. The van der Waals surface area contributed by atoms with Crippen LogP contribution in [0.2, 0.25) is 0 Å². The Labute approximate surface area is 142 Å². The smallest absolute Gasteiger partial charge is 0.261 e. The molecule has 0 unspecified atom stereocenters. The Morgan fingerprint density at radius 2 is 1.74 bits per heavy atom. The third kappa shape index (κ3) is 2.35. The molecular formula is C19H13BrN2O. The first-order valence-corrected chi connectivity index (χ1v) is 8.13. The molecule has 1 aromatic heterocycles. The van der Waals surface area contributed by atoms with Gasteiger partial charge in [-0.05, 0) is 39.2 Å². The molecule has 3 nitrogen and oxygen atoms in total. The van der Waals surface area contributed by atoms with Crippen molar-refractivity contribution in [2.45, 2.75) is 6.54 Å². The lowest BCUT2D eigenvalue weighted by atomic mass is 9.93. The predicted molar refractivity (Wildman–Crippen MR) is 94.3 cm³/mol. The van der Waals surface area contributed by atoms with Crippen LogP contribution in [-0.2, 0) is 6.54 Å². The maximum Gasteiger partial charge on any atom is 0.261 e. The molecule has 0 bridgehead atoms. The SMILES string of the molecule is O=C(c1cnccc1Br)N1Cc2ccccc2-c2ccccc21. The predicted octanol–water partition coefficient (Wildman–Crippen LogP) is 4.67. The zero-order chi connectivity index (χ0) is 15.8. The summed E-state index contributed by atoms with van der Waals surface area (Å²) < 4.78 is 0.758. The highest BCUT2D eigenvalue weighted by atomic mass is 79.9. The fraction of sp³-hybridized carbons (Fsp3) is 0.0526. The number of para-hydroxylation sites is 1. The van der Waals surface area contributed by atoms with E-state index in [1.165, 1.54) is 5.56 Å². The fourth-order valence-corrected chi connectivity index (χ4v) is 3.36. The molecule has 0 saturated heterocycles. The molecule has 0 N–H and O–H groups in total. The van der Waals surface area contributed by atoms with Gasteiger partial charge >= 0.3 is 0 Å². The second-order valence-electron chi connectivity index (χ2n) is 5.42. The van der Waals surface area contributed by atoms with Gasteiger partial charge in [-0.25, -0.2) is 0 Å². The summed E-state index contributed by atoms with van der Waals surface area (Å²) in [6.45, 7) is 0.563. The molecule has 0 aliphatic carbocycles. The summed E-state index contributed by atoms with van der Waals surface area (Å²) in [5.41, 5.74) is 4.94. The van der Waals surface area contributed by atoms with Crippen molar-refractivity contribution < 1.29 is 4.79 Å². The zero-order valence-electron chi connectivity index (χ0n) is 12.2. The molecule has 1 aliphatic rings. The van der Waals surface area contributed by atoms with E-state index >= 15 is 0 Å². The molecule has 0 saturated carbocycles. The van der Waals surface area contributed by atoms with Crippen LogP contribution in [0.15, 0.2) is 71.5 Å². The molecule has 112 valence electrons. The van der Waals surface area contributed by atoms with Gasteiger partial charge in [0.25, 0.3) is 5.91 Å². The summed E-state index contributed by atoms with van der Waals surface area (Å²) in [6, 6.07) is 18.0. The lowest BCUT2D eigenvalue weighted by molar-refractivity contribution is 0.0984. The van der Waals surface area contributed by atoms with Crippen molar-refractivity contribution in [3.05, 3.63) is 82.6 Å². The second kappa shape index (κ2) is 5.63. The number of rotatable bonds is 1. The number of anilines is 1. The van der Waals surface area contributed by atoms with Gasteiger partial charge in [0.15, 0.2) is 0 Å². The fourth-order valence-electron chi connectivity index (χ4n) is 2.97. The molecule has 1 aliphatic heterocycles. The van der Waals surface area contributed by atoms with Crippen molar-refractivity contribution in [1.82, 2.24) is 4.98 Å². The Balaban J connectivity index is 1.86. The quantitative estimate of drug-likeness (QED) is 0.628. The standard InChI is InChI=1S/C19H13BrN2O/c20-17-9-10-21-11-16(17)19(23)22-12-13-5-1-2-6-14(13)15-7-3-4-8-18(15)22/h1-11H,12H2. The van der Waals surface area contributed by atoms with E-state index < -0.39 is 0 Å². The van der Waals surface area contributed by atoms with Gasteiger partial charge in [0, 0.05) is 22.4 Å². The van der Waals surface area contributed by atoms with E-state index in [1.807, 2.05) is 35.2 Å². The minimum Gasteiger partial charge on any atom is -0.303 e. The maximum atomic E-state index is 13.0. The number of benzene rings is 2. The van der Waals surface area contributed by atoms with Gasteiger partial charge < -0.3 is 4.90 Å². The Kier molecular flexibility index (Phi) is 3.46. The maximum absolute atomic E-state index is 13.0. The summed E-state index contributed by atoms with van der Waals surface area (Å²) in [5, 5.41) is 0. The lowest BCUT2D eigenvalue weighted by Gasteiger charge is -2.31. The van der Waals surface area contributed by atoms with Crippen LogP contribution >= 0.6 is 15.9 Å². The molecule has 4 rings (SSSR count). The van der Waals surface area contributed by atoms with Crippen molar-refractivity contribution in [1.29, 1.82) is 0 Å². The first-order chi connectivity index (χ1) is 11.3. The van der Waals surface area contributed by atoms with Gasteiger partial charge in [-0.1, -0.05) is 42.5 Å². The summed E-state index contributed by atoms with van der Waals surface area (Å²) in [4.78, 5) is 19.0. The number of amides is 1. The van der Waals surface area contributed by atoms with Gasteiger partial charge in [-0.3, -0.25) is 9.78 Å². The monoisotopic (exact) mass is 364 g/mol. The minimum atomic E-state index is -0.0491. The molecule has 0 atom stereocenters. The molecule has 2 heterocycles. The molecule has 4 heteroatoms. The van der Waals surface area contributed by atoms with Crippen molar-refractivity contribution >= 4 is 27.5 Å². The molecule has 1 amide bonds. The average Bonchev–Trinajstić information content (AvgIpc) is 2.61. The van der Waals surface area contributed by atoms with Crippen molar-refractivity contribution in [3.63, 3.8) is 0 Å². The largest absolute Gasteiger partial charge is 0.303 e. The first-order valence-electron chi connectivity index (χ1n) is 7.34. The lowest BCUT2D eigenvalue weighted by Crippen LogP contribution is -2.33. The number of carbonyl (C=O) groups is 1. The summed E-state index contributed by atoms with van der Waals surface area (Å²) in [5.74, 6) is -0.0491. The number of halogens is 1. The topological polar surface area (TPSA) is 33.2 Å². The van der Waals surface area contributed by atoms with E-state index in [0.29, 0.717) is 12.1 Å². The molecule has 3 aromatic rings. The van der Waals surface area contributed by atoms with Gasteiger partial charge in [0.1, 0.15) is 0 Å². The number of fused-ring (bicyclic) bond motifs is 3. The molecule has 0 radical (unpaired) electrons. The number of hydrogen-bond acceptors (Lipinski definition) is 2. The second-order valence-corrected chi connectivity index (χ2v) is 6.28. The number of hydrogen-bond donors (Lipinski definition) is 0. The third-order valence-corrected chi connectivity index (χ3v) is 4.77. The summed E-state index contributed by atoms with van der Waals surface area (Å²) in [7, 11) is 0. The van der Waals surface area contributed by atoms with Crippen LogP contribution in [0.5, 0.6) is 0 Å². The highest BCUT2D eigenvalue weighted by Gasteiger charge is 2.27. The Morgan fingerprint density at radius 1 is 1.00 bits per heavy atom. The average molecular weight is 365 g/mol. The van der Waals surface area contributed by atoms with Crippen LogP contribution in [0.1, 0.15) is 15.9 Å². The van der Waals surface area contributed by atoms with E-state index in [1.54, 1.807) is 18.5 Å². The van der Waals surface area contributed by atoms with Crippen LogP contribution in [0.4, 0.5) is 5.69 Å². The third-order valence-electron chi connectivity index (χ3n) is 4.07. The normalized spacial score (nSPS) is 12.5. The zero-order valence-corrected chi connectivity index (χ0v) is 13.8. The van der Waals surface area contributed by atoms with Gasteiger partial charge in [-0.2, -0.15) is 0 Å². The first kappa shape index (κ1) is 14.2. The summed E-state index contributed by atoms with van der Waals surface area (Å²) in [6.07, 6.45) is 3.27. The number of pyridine rings is 1. The van der Waals surface area contributed by atoms with Crippen molar-refractivity contribution in [2.75, 3.05) is 4.90 Å². The van der Waals surface area contributed by atoms with Crippen LogP contribution < -0.4 is 4.90 Å². The molecule has 0 spiro atoms. The molecular weight excluding hydrogens is 352 g/mol. The highest BCUT2D eigenvalue weighted by molar-refractivity contribution is 9.10. The van der Waals surface area contributed by atoms with Crippen molar-refractivity contribution in [3.8, 4) is 11.1 Å². The van der Waals surface area contributed by atoms with Crippen LogP contribution in [0.25, 0.3) is 11.1 Å². The van der Waals surface area contributed by atoms with Crippen LogP contribution in [0.3, 0.4) is 0 Å². The Bertz CT molecular complexity index is 907. The van der Waals surface area contributed by atoms with Crippen LogP contribution in [0, 0.1) is 0 Å². The molecule has 23 heavy (non-hydrogen) atoms. The molecule has 2 aromatic carbocycles. The van der Waals surface area contributed by atoms with E-state index in [2.05, 4.69) is 39.1 Å². The van der Waals surface area contributed by atoms with E-state index in [-0.39, 0.29) is 5.91 Å². The Hall–Kier alpha value is -2.46. The van der Waals surface area contributed by atoms with E-state index in [9.17, 15) is 4.79 Å². The minimum absolute atomic E-state index is 0.0491. The van der Waals surface area contributed by atoms with Gasteiger partial charge in [0.05, 0.1) is 17.8 Å². The van der Waals surface area contributed by atoms with Gasteiger partial charge in [0.2, 0.25) is 0 Å².